The van der Waals surface area contributed by atoms with Gasteiger partial charge >= 0.3 is 0 Å². The summed E-state index contributed by atoms with van der Waals surface area (Å²) in [6.45, 7) is 0. The van der Waals surface area contributed by atoms with E-state index in [-0.39, 0.29) is 16.7 Å². The lowest BCUT2D eigenvalue weighted by Crippen LogP contribution is -1.96. The highest BCUT2D eigenvalue weighted by Gasteiger charge is 2.18. The van der Waals surface area contributed by atoms with E-state index in [2.05, 4.69) is 9.72 Å². The van der Waals surface area contributed by atoms with Crippen LogP contribution in [0.3, 0.4) is 0 Å². The molecule has 1 N–H and O–H groups in total. The zero-order valence-corrected chi connectivity index (χ0v) is 7.35. The zero-order chi connectivity index (χ0) is 10.0. The van der Waals surface area contributed by atoms with E-state index in [1.54, 1.807) is 0 Å². The average molecular weight is 210 g/mol. The van der Waals surface area contributed by atoms with Gasteiger partial charge < -0.3 is 9.84 Å². The standard InChI is InChI=1S/C7H6ClF2NO2/c1-13-4-2-3(12)6(8)11-5(4)7(9)10/h2,7,12H,1H3. The topological polar surface area (TPSA) is 42.4 Å². The van der Waals surface area contributed by atoms with Crippen LogP contribution in [0.1, 0.15) is 12.1 Å². The van der Waals surface area contributed by atoms with Crippen molar-refractivity contribution < 1.29 is 18.6 Å². The summed E-state index contributed by atoms with van der Waals surface area (Å²) in [4.78, 5) is 3.28. The Balaban J connectivity index is 3.25. The Morgan fingerprint density at radius 1 is 1.62 bits per heavy atom. The van der Waals surface area contributed by atoms with E-state index in [4.69, 9.17) is 16.7 Å². The molecule has 0 saturated carbocycles. The molecule has 0 aliphatic carbocycles. The van der Waals surface area contributed by atoms with Crippen molar-refractivity contribution in [2.45, 2.75) is 6.43 Å². The largest absolute Gasteiger partial charge is 0.505 e. The van der Waals surface area contributed by atoms with Gasteiger partial charge in [-0.05, 0) is 0 Å². The summed E-state index contributed by atoms with van der Waals surface area (Å²) in [5.74, 6) is -0.570. The van der Waals surface area contributed by atoms with Gasteiger partial charge in [-0.1, -0.05) is 11.6 Å². The molecule has 1 aromatic heterocycles. The Hall–Kier alpha value is -1.10. The highest BCUT2D eigenvalue weighted by molar-refractivity contribution is 6.30. The first kappa shape index (κ1) is 9.98. The summed E-state index contributed by atoms with van der Waals surface area (Å²) in [5, 5.41) is 8.65. The minimum Gasteiger partial charge on any atom is -0.505 e. The van der Waals surface area contributed by atoms with Gasteiger partial charge in [0.25, 0.3) is 6.43 Å². The van der Waals surface area contributed by atoms with Crippen LogP contribution in [0.2, 0.25) is 5.15 Å². The van der Waals surface area contributed by atoms with Crippen molar-refractivity contribution in [2.75, 3.05) is 7.11 Å². The molecule has 0 unspecified atom stereocenters. The molecule has 0 atom stereocenters. The second kappa shape index (κ2) is 3.74. The summed E-state index contributed by atoms with van der Waals surface area (Å²) >= 11 is 5.34. The number of aromatic hydroxyl groups is 1. The van der Waals surface area contributed by atoms with Gasteiger partial charge in [-0.2, -0.15) is 0 Å². The van der Waals surface area contributed by atoms with Crippen LogP contribution >= 0.6 is 11.6 Å². The molecule has 0 bridgehead atoms. The lowest BCUT2D eigenvalue weighted by molar-refractivity contribution is 0.141. The van der Waals surface area contributed by atoms with Crippen molar-refractivity contribution in [3.05, 3.63) is 16.9 Å². The number of halogens is 3. The maximum Gasteiger partial charge on any atom is 0.284 e. The lowest BCUT2D eigenvalue weighted by atomic mass is 10.3. The van der Waals surface area contributed by atoms with Crippen LogP contribution in [-0.4, -0.2) is 17.2 Å². The number of ether oxygens (including phenoxy) is 1. The Kier molecular flexibility index (Phi) is 2.87. The van der Waals surface area contributed by atoms with E-state index in [1.807, 2.05) is 0 Å². The minimum atomic E-state index is -2.78. The fourth-order valence-corrected chi connectivity index (χ4v) is 0.941. The normalized spacial score (nSPS) is 10.5. The van der Waals surface area contributed by atoms with Gasteiger partial charge in [0.2, 0.25) is 0 Å². The molecule has 0 fully saturated rings. The first-order valence-electron chi connectivity index (χ1n) is 3.27. The van der Waals surface area contributed by atoms with Crippen LogP contribution < -0.4 is 4.74 Å². The Morgan fingerprint density at radius 2 is 2.23 bits per heavy atom. The van der Waals surface area contributed by atoms with Gasteiger partial charge in [0.05, 0.1) is 7.11 Å². The predicted molar refractivity (Wildman–Crippen MR) is 42.4 cm³/mol. The molecule has 0 amide bonds. The lowest BCUT2D eigenvalue weighted by Gasteiger charge is -2.07. The van der Waals surface area contributed by atoms with Crippen molar-refractivity contribution in [1.82, 2.24) is 4.98 Å². The van der Waals surface area contributed by atoms with Crippen LogP contribution in [0.25, 0.3) is 0 Å². The second-order valence-corrected chi connectivity index (χ2v) is 2.54. The molecule has 1 rings (SSSR count). The van der Waals surface area contributed by atoms with Crippen LogP contribution in [0.15, 0.2) is 6.07 Å². The van der Waals surface area contributed by atoms with Crippen molar-refractivity contribution >= 4 is 11.6 Å². The second-order valence-electron chi connectivity index (χ2n) is 2.19. The first-order chi connectivity index (χ1) is 6.06. The molecule has 6 heteroatoms. The fraction of sp³-hybridized carbons (Fsp3) is 0.286. The number of rotatable bonds is 2. The number of pyridine rings is 1. The summed E-state index contributed by atoms with van der Waals surface area (Å²) in [7, 11) is 1.20. The Morgan fingerprint density at radius 3 is 2.69 bits per heavy atom. The quantitative estimate of drug-likeness (QED) is 0.761. The van der Waals surface area contributed by atoms with E-state index in [1.165, 1.54) is 7.11 Å². The van der Waals surface area contributed by atoms with E-state index in [0.717, 1.165) is 6.07 Å². The maximum absolute atomic E-state index is 12.2. The van der Waals surface area contributed by atoms with Crippen LogP contribution in [0.5, 0.6) is 11.5 Å². The third kappa shape index (κ3) is 1.98. The number of hydrogen-bond donors (Lipinski definition) is 1. The molecule has 0 aliphatic rings. The molecular formula is C7H6ClF2NO2. The van der Waals surface area contributed by atoms with E-state index in [9.17, 15) is 8.78 Å². The Labute approximate surface area is 77.9 Å². The molecule has 0 radical (unpaired) electrons. The molecule has 72 valence electrons. The van der Waals surface area contributed by atoms with Gasteiger partial charge in [0.15, 0.2) is 16.6 Å². The number of methoxy groups -OCH3 is 1. The van der Waals surface area contributed by atoms with Crippen molar-refractivity contribution in [3.63, 3.8) is 0 Å². The predicted octanol–water partition coefficient (Wildman–Crippen LogP) is 2.39. The monoisotopic (exact) mass is 209 g/mol. The molecule has 3 nitrogen and oxygen atoms in total. The third-order valence-electron chi connectivity index (χ3n) is 1.38. The first-order valence-corrected chi connectivity index (χ1v) is 3.65. The van der Waals surface area contributed by atoms with Gasteiger partial charge in [-0.15, -0.1) is 0 Å². The van der Waals surface area contributed by atoms with Gasteiger partial charge in [0, 0.05) is 6.07 Å². The Bertz CT molecular complexity index is 320. The molecule has 13 heavy (non-hydrogen) atoms. The molecule has 0 spiro atoms. The highest BCUT2D eigenvalue weighted by Crippen LogP contribution is 2.33. The van der Waals surface area contributed by atoms with E-state index >= 15 is 0 Å². The maximum atomic E-state index is 12.2. The molecule has 0 aromatic carbocycles. The van der Waals surface area contributed by atoms with E-state index < -0.39 is 12.1 Å². The van der Waals surface area contributed by atoms with Crippen LogP contribution in [0.4, 0.5) is 8.78 Å². The fourth-order valence-electron chi connectivity index (χ4n) is 0.796. The van der Waals surface area contributed by atoms with Crippen LogP contribution in [0, 0.1) is 0 Å². The number of nitrogens with zero attached hydrogens (tertiary/aromatic N) is 1. The number of alkyl halides is 2. The molecular weight excluding hydrogens is 204 g/mol. The van der Waals surface area contributed by atoms with Gasteiger partial charge in [0.1, 0.15) is 5.75 Å². The smallest absolute Gasteiger partial charge is 0.284 e. The minimum absolute atomic E-state index is 0.183. The summed E-state index contributed by atoms with van der Waals surface area (Å²) < 4.78 is 29.1. The zero-order valence-electron chi connectivity index (χ0n) is 6.59. The third-order valence-corrected chi connectivity index (χ3v) is 1.65. The molecule has 1 heterocycles. The summed E-state index contributed by atoms with van der Waals surface area (Å²) in [6, 6.07) is 0.997. The molecule has 1 aromatic rings. The summed E-state index contributed by atoms with van der Waals surface area (Å²) in [6.07, 6.45) is -2.78. The van der Waals surface area contributed by atoms with Crippen molar-refractivity contribution in [2.24, 2.45) is 0 Å². The number of hydrogen-bond acceptors (Lipinski definition) is 3. The SMILES string of the molecule is COc1cc(O)c(Cl)nc1C(F)F. The van der Waals surface area contributed by atoms with Crippen molar-refractivity contribution in [3.8, 4) is 11.5 Å². The van der Waals surface area contributed by atoms with Crippen molar-refractivity contribution in [1.29, 1.82) is 0 Å². The molecule has 0 saturated heterocycles. The molecule has 0 aliphatic heterocycles. The van der Waals surface area contributed by atoms with Gasteiger partial charge in [-0.25, -0.2) is 13.8 Å². The highest BCUT2D eigenvalue weighted by atomic mass is 35.5. The number of aromatic nitrogens is 1. The average Bonchev–Trinajstić information content (AvgIpc) is 2.08. The van der Waals surface area contributed by atoms with Crippen LogP contribution in [-0.2, 0) is 0 Å². The summed E-state index contributed by atoms with van der Waals surface area (Å²) in [5.41, 5.74) is -0.578. The van der Waals surface area contributed by atoms with Gasteiger partial charge in [-0.3, -0.25) is 0 Å². The van der Waals surface area contributed by atoms with E-state index in [0.29, 0.717) is 0 Å².